The summed E-state index contributed by atoms with van der Waals surface area (Å²) in [6.45, 7) is 2.48. The molecule has 3 aliphatic heterocycles. The van der Waals surface area contributed by atoms with E-state index >= 15 is 0 Å². The summed E-state index contributed by atoms with van der Waals surface area (Å²) < 4.78 is 13.6. The van der Waals surface area contributed by atoms with E-state index in [1.54, 1.807) is 0 Å². The Kier molecular flexibility index (Phi) is 4.82. The summed E-state index contributed by atoms with van der Waals surface area (Å²) in [6.07, 6.45) is 9.81. The molecule has 8 heteroatoms. The van der Waals surface area contributed by atoms with Gasteiger partial charge in [0.25, 0.3) is 5.56 Å². The summed E-state index contributed by atoms with van der Waals surface area (Å²) in [5, 5.41) is 4.23. The zero-order valence-corrected chi connectivity index (χ0v) is 15.1. The zero-order valence-electron chi connectivity index (χ0n) is 14.4. The largest absolute Gasteiger partial charge is 0.349 e. The molecule has 1 aromatic heterocycles. The Bertz CT molecular complexity index is 833. The number of nitrogens with zero attached hydrogens (tertiary/aromatic N) is 4. The van der Waals surface area contributed by atoms with E-state index < -0.39 is 5.82 Å². The lowest BCUT2D eigenvalue weighted by Crippen LogP contribution is -2.38. The van der Waals surface area contributed by atoms with Gasteiger partial charge < -0.3 is 9.88 Å². The van der Waals surface area contributed by atoms with Crippen molar-refractivity contribution in [1.29, 1.82) is 0 Å². The number of halogens is 2. The first-order valence-corrected chi connectivity index (χ1v) is 9.42. The number of aromatic amines is 1. The average Bonchev–Trinajstić information content (AvgIpc) is 3.28. The van der Waals surface area contributed by atoms with Crippen LogP contribution < -0.4 is 5.56 Å². The van der Waals surface area contributed by atoms with Crippen molar-refractivity contribution < 1.29 is 4.39 Å². The van der Waals surface area contributed by atoms with Crippen molar-refractivity contribution in [2.75, 3.05) is 25.5 Å². The molecular formula is C18H21ClFN5O. The highest BCUT2D eigenvalue weighted by atomic mass is 35.5. The van der Waals surface area contributed by atoms with E-state index in [1.165, 1.54) is 6.07 Å². The molecule has 1 aromatic rings. The van der Waals surface area contributed by atoms with E-state index in [-0.39, 0.29) is 11.6 Å². The third kappa shape index (κ3) is 3.17. The number of alkyl halides is 1. The Labute approximate surface area is 156 Å². The van der Waals surface area contributed by atoms with Crippen molar-refractivity contribution >= 4 is 17.4 Å². The second-order valence-electron chi connectivity index (χ2n) is 6.60. The van der Waals surface area contributed by atoms with Gasteiger partial charge >= 0.3 is 0 Å². The first kappa shape index (κ1) is 17.3. The van der Waals surface area contributed by atoms with Crippen molar-refractivity contribution in [2.24, 2.45) is 4.99 Å². The maximum absolute atomic E-state index is 13.6. The van der Waals surface area contributed by atoms with Gasteiger partial charge in [-0.15, -0.1) is 11.6 Å². The molecule has 0 bridgehead atoms. The molecule has 0 radical (unpaired) electrons. The number of hydrogen-bond donors (Lipinski definition) is 1. The van der Waals surface area contributed by atoms with Crippen molar-refractivity contribution in [1.82, 2.24) is 19.9 Å². The van der Waals surface area contributed by atoms with Crippen LogP contribution in [0.3, 0.4) is 0 Å². The number of likely N-dealkylation sites (tertiary alicyclic amines) is 1. The van der Waals surface area contributed by atoms with Crippen LogP contribution in [0.25, 0.3) is 0 Å². The highest BCUT2D eigenvalue weighted by Crippen LogP contribution is 2.33. The fraction of sp³-hybridized carbons (Fsp3) is 0.444. The normalized spacial score (nSPS) is 22.6. The molecule has 26 heavy (non-hydrogen) atoms. The third-order valence-electron chi connectivity index (χ3n) is 4.97. The predicted octanol–water partition coefficient (Wildman–Crippen LogP) is 2.58. The van der Waals surface area contributed by atoms with Crippen LogP contribution in [0, 0.1) is 5.82 Å². The van der Waals surface area contributed by atoms with Crippen molar-refractivity contribution in [3.63, 3.8) is 0 Å². The highest BCUT2D eigenvalue weighted by molar-refractivity contribution is 6.17. The molecule has 1 N–H and O–H groups in total. The summed E-state index contributed by atoms with van der Waals surface area (Å²) >= 11 is 5.79. The number of H-pyrrole nitrogens is 1. The molecule has 0 amide bonds. The molecule has 6 nitrogen and oxygen atoms in total. The van der Waals surface area contributed by atoms with Gasteiger partial charge in [0.15, 0.2) is 0 Å². The van der Waals surface area contributed by atoms with Crippen LogP contribution in [-0.4, -0.2) is 51.3 Å². The van der Waals surface area contributed by atoms with Gasteiger partial charge in [-0.3, -0.25) is 9.80 Å². The number of amidine groups is 1. The third-order valence-corrected chi connectivity index (χ3v) is 5.24. The van der Waals surface area contributed by atoms with Gasteiger partial charge in [-0.25, -0.2) is 14.4 Å². The highest BCUT2D eigenvalue weighted by Gasteiger charge is 2.32. The molecule has 138 valence electrons. The van der Waals surface area contributed by atoms with Crippen molar-refractivity contribution in [2.45, 2.75) is 25.3 Å². The summed E-state index contributed by atoms with van der Waals surface area (Å²) in [4.78, 5) is 21.5. The van der Waals surface area contributed by atoms with Crippen LogP contribution in [0.4, 0.5) is 4.39 Å². The standard InChI is InChI=1S/C18H21ClFN5O/c19-6-2-7-23-9-4-17-22-16(5-10-25(17)23)24-8-1-3-15(24)14-11-13(20)12-21-18(14)26/h4-5,10-12,15H,1-3,6-9H2,(H,21,26)/t15-/m1/s1. The van der Waals surface area contributed by atoms with E-state index in [0.717, 1.165) is 56.8 Å². The summed E-state index contributed by atoms with van der Waals surface area (Å²) in [5.74, 6) is 1.91. The molecule has 0 saturated carbocycles. The fourth-order valence-corrected chi connectivity index (χ4v) is 3.88. The smallest absolute Gasteiger partial charge is 0.253 e. The Morgan fingerprint density at radius 2 is 2.31 bits per heavy atom. The molecule has 0 spiro atoms. The molecule has 1 saturated heterocycles. The van der Waals surface area contributed by atoms with Crippen molar-refractivity contribution in [3.05, 3.63) is 58.2 Å². The van der Waals surface area contributed by atoms with Crippen LogP contribution in [0.1, 0.15) is 30.9 Å². The van der Waals surface area contributed by atoms with Crippen LogP contribution in [0.15, 0.2) is 46.2 Å². The number of fused-ring (bicyclic) bond motifs is 1. The number of aromatic nitrogens is 1. The Morgan fingerprint density at radius 1 is 1.42 bits per heavy atom. The lowest BCUT2D eigenvalue weighted by Gasteiger charge is -2.33. The van der Waals surface area contributed by atoms with E-state index in [4.69, 9.17) is 16.6 Å². The van der Waals surface area contributed by atoms with Crippen LogP contribution in [-0.2, 0) is 0 Å². The summed E-state index contributed by atoms with van der Waals surface area (Å²) in [5.41, 5.74) is 0.225. The monoisotopic (exact) mass is 377 g/mol. The lowest BCUT2D eigenvalue weighted by molar-refractivity contribution is 0.0890. The number of rotatable bonds is 4. The number of aliphatic imine (C=N–C) groups is 1. The van der Waals surface area contributed by atoms with E-state index in [0.29, 0.717) is 11.4 Å². The minimum atomic E-state index is -0.424. The Balaban J connectivity index is 1.56. The molecule has 1 fully saturated rings. The Morgan fingerprint density at radius 3 is 3.15 bits per heavy atom. The minimum absolute atomic E-state index is 0.154. The second kappa shape index (κ2) is 7.25. The van der Waals surface area contributed by atoms with Gasteiger partial charge in [0.1, 0.15) is 17.5 Å². The molecule has 0 aliphatic carbocycles. The molecule has 4 rings (SSSR count). The van der Waals surface area contributed by atoms with E-state index in [2.05, 4.69) is 21.0 Å². The first-order valence-electron chi connectivity index (χ1n) is 8.89. The summed E-state index contributed by atoms with van der Waals surface area (Å²) in [6, 6.07) is 1.18. The maximum Gasteiger partial charge on any atom is 0.253 e. The quantitative estimate of drug-likeness (QED) is 0.819. The second-order valence-corrected chi connectivity index (χ2v) is 6.98. The van der Waals surface area contributed by atoms with Gasteiger partial charge in [-0.2, -0.15) is 0 Å². The van der Waals surface area contributed by atoms with Crippen LogP contribution in [0.5, 0.6) is 0 Å². The van der Waals surface area contributed by atoms with Gasteiger partial charge in [-0.05, 0) is 37.5 Å². The summed E-state index contributed by atoms with van der Waals surface area (Å²) in [7, 11) is 0. The molecular weight excluding hydrogens is 357 g/mol. The number of nitrogens with one attached hydrogen (secondary N) is 1. The fourth-order valence-electron chi connectivity index (χ4n) is 3.76. The number of hydrazine groups is 1. The lowest BCUT2D eigenvalue weighted by atomic mass is 10.1. The molecule has 3 aliphatic rings. The maximum atomic E-state index is 13.6. The number of hydrogen-bond acceptors (Lipinski definition) is 5. The van der Waals surface area contributed by atoms with Crippen LogP contribution >= 0.6 is 11.6 Å². The van der Waals surface area contributed by atoms with Crippen molar-refractivity contribution in [3.8, 4) is 0 Å². The van der Waals surface area contributed by atoms with E-state index in [1.807, 2.05) is 17.3 Å². The van der Waals surface area contributed by atoms with Gasteiger partial charge in [0, 0.05) is 43.5 Å². The van der Waals surface area contributed by atoms with Gasteiger partial charge in [-0.1, -0.05) is 0 Å². The minimum Gasteiger partial charge on any atom is -0.349 e. The SMILES string of the molecule is O=c1[nH]cc(F)cc1[C@H]1CCCN1C1=NC2=CCN(CCCCl)N2C=C1. The van der Waals surface area contributed by atoms with Gasteiger partial charge in [0.05, 0.1) is 6.04 Å². The molecule has 4 heterocycles. The molecule has 0 aromatic carbocycles. The van der Waals surface area contributed by atoms with E-state index in [9.17, 15) is 9.18 Å². The first-order chi connectivity index (χ1) is 12.7. The average molecular weight is 378 g/mol. The van der Waals surface area contributed by atoms with Crippen LogP contribution in [0.2, 0.25) is 0 Å². The topological polar surface area (TPSA) is 54.9 Å². The number of pyridine rings is 1. The predicted molar refractivity (Wildman–Crippen MR) is 99.1 cm³/mol. The Hall–Kier alpha value is -2.12. The zero-order chi connectivity index (χ0) is 18.1. The molecule has 0 unspecified atom stereocenters. The van der Waals surface area contributed by atoms with Gasteiger partial charge in [0.2, 0.25) is 0 Å². The molecule has 1 atom stereocenters.